The zero-order chi connectivity index (χ0) is 21.8. The van der Waals surface area contributed by atoms with Gasteiger partial charge < -0.3 is 20.0 Å². The molecule has 0 spiro atoms. The van der Waals surface area contributed by atoms with Crippen LogP contribution in [0.5, 0.6) is 0 Å². The number of aryl methyl sites for hydroxylation is 1. The van der Waals surface area contributed by atoms with Gasteiger partial charge in [0.15, 0.2) is 0 Å². The predicted molar refractivity (Wildman–Crippen MR) is 120 cm³/mol. The summed E-state index contributed by atoms with van der Waals surface area (Å²) in [5, 5.41) is 2.88. The van der Waals surface area contributed by atoms with Crippen LogP contribution in [0.25, 0.3) is 0 Å². The lowest BCUT2D eigenvalue weighted by atomic mass is 10.1. The molecule has 7 heteroatoms. The molecule has 0 aromatic heterocycles. The first kappa shape index (κ1) is 20.9. The van der Waals surface area contributed by atoms with E-state index in [1.165, 1.54) is 0 Å². The van der Waals surface area contributed by atoms with Crippen molar-refractivity contribution in [2.75, 3.05) is 42.9 Å². The fourth-order valence-electron chi connectivity index (χ4n) is 4.29. The Balaban J connectivity index is 1.33. The molecule has 4 rings (SSSR count). The molecule has 2 heterocycles. The molecule has 0 radical (unpaired) electrons. The summed E-state index contributed by atoms with van der Waals surface area (Å²) < 4.78 is 0. The van der Waals surface area contributed by atoms with E-state index in [1.807, 2.05) is 54.6 Å². The second kappa shape index (κ2) is 9.20. The van der Waals surface area contributed by atoms with Gasteiger partial charge in [-0.1, -0.05) is 43.3 Å². The van der Waals surface area contributed by atoms with Crippen LogP contribution in [-0.2, 0) is 16.0 Å². The van der Waals surface area contributed by atoms with E-state index < -0.39 is 0 Å². The number of urea groups is 1. The Hall–Kier alpha value is -3.35. The number of nitrogens with zero attached hydrogens (tertiary/aromatic N) is 3. The molecular weight excluding hydrogens is 392 g/mol. The van der Waals surface area contributed by atoms with E-state index in [2.05, 4.69) is 12.2 Å². The minimum atomic E-state index is -0.331. The van der Waals surface area contributed by atoms with Gasteiger partial charge in [-0.15, -0.1) is 0 Å². The van der Waals surface area contributed by atoms with Crippen LogP contribution in [0.4, 0.5) is 16.2 Å². The summed E-state index contributed by atoms with van der Waals surface area (Å²) >= 11 is 0. The van der Waals surface area contributed by atoms with Gasteiger partial charge in [0.2, 0.25) is 11.8 Å². The van der Waals surface area contributed by atoms with E-state index in [4.69, 9.17) is 0 Å². The monoisotopic (exact) mass is 420 g/mol. The molecule has 1 N–H and O–H groups in total. The lowest BCUT2D eigenvalue weighted by Crippen LogP contribution is -2.53. The van der Waals surface area contributed by atoms with Gasteiger partial charge in [-0.3, -0.25) is 9.59 Å². The van der Waals surface area contributed by atoms with E-state index in [9.17, 15) is 14.4 Å². The quantitative estimate of drug-likeness (QED) is 0.827. The molecule has 31 heavy (non-hydrogen) atoms. The predicted octanol–water partition coefficient (Wildman–Crippen LogP) is 2.98. The lowest BCUT2D eigenvalue weighted by Gasteiger charge is -2.35. The van der Waals surface area contributed by atoms with Crippen molar-refractivity contribution in [3.63, 3.8) is 0 Å². The molecule has 0 saturated carbocycles. The van der Waals surface area contributed by atoms with Gasteiger partial charge in [-0.2, -0.15) is 0 Å². The van der Waals surface area contributed by atoms with Gasteiger partial charge in [0.1, 0.15) is 0 Å². The molecule has 4 amide bonds. The summed E-state index contributed by atoms with van der Waals surface area (Å²) in [6, 6.07) is 17.1. The molecule has 2 aromatic carbocycles. The first-order chi connectivity index (χ1) is 15.1. The maximum Gasteiger partial charge on any atom is 0.321 e. The van der Waals surface area contributed by atoms with Gasteiger partial charge in [0, 0.05) is 50.5 Å². The maximum absolute atomic E-state index is 13.1. The average molecular weight is 421 g/mol. The van der Waals surface area contributed by atoms with E-state index in [1.54, 1.807) is 14.7 Å². The number of carbonyl (C=O) groups is 3. The summed E-state index contributed by atoms with van der Waals surface area (Å²) in [4.78, 5) is 43.5. The molecule has 2 aliphatic rings. The van der Waals surface area contributed by atoms with Crippen LogP contribution in [0.1, 0.15) is 18.9 Å². The summed E-state index contributed by atoms with van der Waals surface area (Å²) in [6.07, 6.45) is 1.08. The molecule has 0 unspecified atom stereocenters. The van der Waals surface area contributed by atoms with Crippen molar-refractivity contribution >= 4 is 29.2 Å². The highest BCUT2D eigenvalue weighted by atomic mass is 16.2. The Bertz CT molecular complexity index is 954. The molecule has 162 valence electrons. The first-order valence-corrected chi connectivity index (χ1v) is 10.8. The zero-order valence-corrected chi connectivity index (χ0v) is 17.8. The molecule has 0 aliphatic carbocycles. The van der Waals surface area contributed by atoms with Crippen LogP contribution < -0.4 is 10.2 Å². The highest BCUT2D eigenvalue weighted by Crippen LogP contribution is 2.29. The van der Waals surface area contributed by atoms with Crippen LogP contribution in [0.2, 0.25) is 0 Å². The number of piperazine rings is 1. The first-order valence-electron chi connectivity index (χ1n) is 10.8. The normalized spacial score (nSPS) is 18.9. The van der Waals surface area contributed by atoms with Crippen LogP contribution >= 0.6 is 0 Å². The van der Waals surface area contributed by atoms with Gasteiger partial charge in [0.25, 0.3) is 0 Å². The van der Waals surface area contributed by atoms with Gasteiger partial charge in [-0.25, -0.2) is 4.79 Å². The minimum Gasteiger partial charge on any atom is -0.339 e. The van der Waals surface area contributed by atoms with Crippen molar-refractivity contribution in [3.05, 3.63) is 60.2 Å². The van der Waals surface area contributed by atoms with E-state index in [0.717, 1.165) is 23.4 Å². The smallest absolute Gasteiger partial charge is 0.321 e. The van der Waals surface area contributed by atoms with Crippen molar-refractivity contribution in [2.45, 2.75) is 19.8 Å². The summed E-state index contributed by atoms with van der Waals surface area (Å²) in [5.74, 6) is -0.324. The SMILES string of the molecule is CCc1ccccc1N1C[C@@H](C(=O)N2CCN(C(=O)Nc3ccccc3)CC2)CC1=O. The zero-order valence-electron chi connectivity index (χ0n) is 17.8. The maximum atomic E-state index is 13.1. The molecule has 0 bridgehead atoms. The van der Waals surface area contributed by atoms with Gasteiger partial charge >= 0.3 is 6.03 Å². The number of hydrogen-bond acceptors (Lipinski definition) is 3. The number of carbonyl (C=O) groups excluding carboxylic acids is 3. The summed E-state index contributed by atoms with van der Waals surface area (Å²) in [5.41, 5.74) is 2.78. The molecule has 7 nitrogen and oxygen atoms in total. The van der Waals surface area contributed by atoms with Crippen molar-refractivity contribution in [1.82, 2.24) is 9.80 Å². The number of rotatable bonds is 4. The number of amides is 4. The fourth-order valence-corrected chi connectivity index (χ4v) is 4.29. The number of para-hydroxylation sites is 2. The Labute approximate surface area is 182 Å². The standard InChI is InChI=1S/C24H28N4O3/c1-2-18-8-6-7-11-21(18)28-17-19(16-22(28)29)23(30)26-12-14-27(15-13-26)24(31)25-20-9-4-3-5-10-20/h3-11,19H,2,12-17H2,1H3,(H,25,31)/t19-/m0/s1. The fraction of sp³-hybridized carbons (Fsp3) is 0.375. The second-order valence-corrected chi connectivity index (χ2v) is 8.00. The van der Waals surface area contributed by atoms with Crippen molar-refractivity contribution < 1.29 is 14.4 Å². The molecular formula is C24H28N4O3. The number of anilines is 2. The third kappa shape index (κ3) is 4.55. The Kier molecular flexibility index (Phi) is 6.21. The topological polar surface area (TPSA) is 73.0 Å². The molecule has 2 fully saturated rings. The second-order valence-electron chi connectivity index (χ2n) is 8.00. The van der Waals surface area contributed by atoms with Crippen LogP contribution in [-0.4, -0.2) is 60.4 Å². The summed E-state index contributed by atoms with van der Waals surface area (Å²) in [6.45, 7) is 4.41. The van der Waals surface area contributed by atoms with E-state index in [-0.39, 0.29) is 30.2 Å². The highest BCUT2D eigenvalue weighted by Gasteiger charge is 2.38. The lowest BCUT2D eigenvalue weighted by molar-refractivity contribution is -0.137. The molecule has 1 atom stereocenters. The van der Waals surface area contributed by atoms with Crippen molar-refractivity contribution in [3.8, 4) is 0 Å². The molecule has 2 aromatic rings. The Morgan fingerprint density at radius 2 is 1.58 bits per heavy atom. The van der Waals surface area contributed by atoms with Crippen LogP contribution in [0.15, 0.2) is 54.6 Å². The third-order valence-corrected chi connectivity index (χ3v) is 6.04. The average Bonchev–Trinajstić information content (AvgIpc) is 3.20. The summed E-state index contributed by atoms with van der Waals surface area (Å²) in [7, 11) is 0. The molecule has 2 aliphatic heterocycles. The van der Waals surface area contributed by atoms with Crippen LogP contribution in [0.3, 0.4) is 0 Å². The number of nitrogens with one attached hydrogen (secondary N) is 1. The van der Waals surface area contributed by atoms with Gasteiger partial charge in [-0.05, 0) is 30.2 Å². The molecule has 2 saturated heterocycles. The van der Waals surface area contributed by atoms with Crippen molar-refractivity contribution in [1.29, 1.82) is 0 Å². The Morgan fingerprint density at radius 3 is 2.29 bits per heavy atom. The van der Waals surface area contributed by atoms with E-state index >= 15 is 0 Å². The number of hydrogen-bond donors (Lipinski definition) is 1. The van der Waals surface area contributed by atoms with E-state index in [0.29, 0.717) is 32.7 Å². The van der Waals surface area contributed by atoms with Crippen LogP contribution in [0, 0.1) is 5.92 Å². The highest BCUT2D eigenvalue weighted by molar-refractivity contribution is 6.01. The van der Waals surface area contributed by atoms with Gasteiger partial charge in [0.05, 0.1) is 5.92 Å². The minimum absolute atomic E-state index is 0.000116. The third-order valence-electron chi connectivity index (χ3n) is 6.04. The largest absolute Gasteiger partial charge is 0.339 e. The number of benzene rings is 2. The Morgan fingerprint density at radius 1 is 0.935 bits per heavy atom. The van der Waals surface area contributed by atoms with Crippen molar-refractivity contribution in [2.24, 2.45) is 5.92 Å².